The van der Waals surface area contributed by atoms with E-state index in [1.165, 1.54) is 0 Å². The standard InChI is InChI=1S/C11H18N4OS/c1-7(2)15(5-4-10(12)17)11(16)9-6-13-14-8(9)3/h6-7H,4-5H2,1-3H3,(H2,12,17)(H,13,14). The number of H-pyrrole nitrogens is 1. The van der Waals surface area contributed by atoms with Crippen molar-refractivity contribution in [3.8, 4) is 0 Å². The van der Waals surface area contributed by atoms with E-state index >= 15 is 0 Å². The number of thiocarbonyl (C=S) groups is 1. The number of nitrogens with two attached hydrogens (primary N) is 1. The number of aromatic amines is 1. The Morgan fingerprint density at radius 2 is 2.29 bits per heavy atom. The first-order valence-electron chi connectivity index (χ1n) is 5.52. The zero-order valence-electron chi connectivity index (χ0n) is 10.4. The highest BCUT2D eigenvalue weighted by atomic mass is 32.1. The van der Waals surface area contributed by atoms with Crippen molar-refractivity contribution in [2.75, 3.05) is 6.54 Å². The van der Waals surface area contributed by atoms with Gasteiger partial charge in [-0.2, -0.15) is 5.10 Å². The first-order chi connectivity index (χ1) is 7.93. The Labute approximate surface area is 106 Å². The zero-order chi connectivity index (χ0) is 13.0. The lowest BCUT2D eigenvalue weighted by atomic mass is 10.2. The van der Waals surface area contributed by atoms with E-state index in [2.05, 4.69) is 10.2 Å². The maximum atomic E-state index is 12.3. The number of rotatable bonds is 5. The van der Waals surface area contributed by atoms with Crippen molar-refractivity contribution in [2.24, 2.45) is 5.73 Å². The normalized spacial score (nSPS) is 10.6. The molecule has 5 nitrogen and oxygen atoms in total. The Hall–Kier alpha value is -1.43. The summed E-state index contributed by atoms with van der Waals surface area (Å²) in [5.41, 5.74) is 6.84. The van der Waals surface area contributed by atoms with Gasteiger partial charge >= 0.3 is 0 Å². The Balaban J connectivity index is 2.81. The van der Waals surface area contributed by atoms with Gasteiger partial charge in [0.1, 0.15) is 0 Å². The van der Waals surface area contributed by atoms with E-state index in [-0.39, 0.29) is 11.9 Å². The summed E-state index contributed by atoms with van der Waals surface area (Å²) in [7, 11) is 0. The maximum Gasteiger partial charge on any atom is 0.257 e. The highest BCUT2D eigenvalue weighted by molar-refractivity contribution is 7.80. The van der Waals surface area contributed by atoms with Gasteiger partial charge in [-0.1, -0.05) is 12.2 Å². The average molecular weight is 254 g/mol. The quantitative estimate of drug-likeness (QED) is 0.775. The molecular formula is C11H18N4OS. The molecule has 0 saturated heterocycles. The second-order valence-electron chi connectivity index (χ2n) is 4.22. The number of aromatic nitrogens is 2. The summed E-state index contributed by atoms with van der Waals surface area (Å²) in [6, 6.07) is 0.103. The highest BCUT2D eigenvalue weighted by Gasteiger charge is 2.21. The summed E-state index contributed by atoms with van der Waals surface area (Å²) in [5.74, 6) is -0.0394. The number of aryl methyl sites for hydroxylation is 1. The molecule has 0 fully saturated rings. The molecule has 1 rings (SSSR count). The second-order valence-corrected chi connectivity index (χ2v) is 4.74. The van der Waals surface area contributed by atoms with E-state index < -0.39 is 0 Å². The number of hydrogen-bond acceptors (Lipinski definition) is 3. The third kappa shape index (κ3) is 3.52. The SMILES string of the molecule is Cc1[nH]ncc1C(=O)N(CCC(N)=S)C(C)C. The monoisotopic (exact) mass is 254 g/mol. The molecule has 0 aliphatic rings. The van der Waals surface area contributed by atoms with Gasteiger partial charge in [0.15, 0.2) is 0 Å². The fourth-order valence-electron chi connectivity index (χ4n) is 1.55. The molecule has 0 atom stereocenters. The molecule has 0 radical (unpaired) electrons. The molecule has 1 heterocycles. The van der Waals surface area contributed by atoms with Gasteiger partial charge < -0.3 is 10.6 Å². The zero-order valence-corrected chi connectivity index (χ0v) is 11.2. The van der Waals surface area contributed by atoms with Crippen molar-refractivity contribution in [1.29, 1.82) is 0 Å². The van der Waals surface area contributed by atoms with Crippen molar-refractivity contribution in [3.05, 3.63) is 17.5 Å². The lowest BCUT2D eigenvalue weighted by Gasteiger charge is -2.26. The van der Waals surface area contributed by atoms with E-state index in [1.54, 1.807) is 11.1 Å². The molecule has 6 heteroatoms. The lowest BCUT2D eigenvalue weighted by Crippen LogP contribution is -2.39. The van der Waals surface area contributed by atoms with E-state index in [1.807, 2.05) is 20.8 Å². The number of carbonyl (C=O) groups is 1. The molecule has 94 valence electrons. The summed E-state index contributed by atoms with van der Waals surface area (Å²) in [6.07, 6.45) is 2.09. The number of amides is 1. The van der Waals surface area contributed by atoms with Crippen LogP contribution in [0.15, 0.2) is 6.20 Å². The van der Waals surface area contributed by atoms with Gasteiger partial charge in [0.2, 0.25) is 0 Å². The number of nitrogens with one attached hydrogen (secondary N) is 1. The van der Waals surface area contributed by atoms with E-state index in [0.717, 1.165) is 5.69 Å². The summed E-state index contributed by atoms with van der Waals surface area (Å²) >= 11 is 4.83. The van der Waals surface area contributed by atoms with Gasteiger partial charge in [0.25, 0.3) is 5.91 Å². The summed E-state index contributed by atoms with van der Waals surface area (Å²) in [6.45, 7) is 6.29. The van der Waals surface area contributed by atoms with E-state index in [4.69, 9.17) is 18.0 Å². The largest absolute Gasteiger partial charge is 0.393 e. The Kier molecular flexibility index (Phi) is 4.62. The van der Waals surface area contributed by atoms with Crippen LogP contribution in [0.2, 0.25) is 0 Å². The van der Waals surface area contributed by atoms with Crippen LogP contribution in [0.25, 0.3) is 0 Å². The summed E-state index contributed by atoms with van der Waals surface area (Å²) in [5, 5.41) is 6.62. The summed E-state index contributed by atoms with van der Waals surface area (Å²) in [4.78, 5) is 14.4. The van der Waals surface area contributed by atoms with Gasteiger partial charge in [0, 0.05) is 24.7 Å². The number of hydrogen-bond donors (Lipinski definition) is 2. The molecule has 0 spiro atoms. The van der Waals surface area contributed by atoms with Crippen LogP contribution >= 0.6 is 12.2 Å². The Bertz CT molecular complexity index is 413. The molecule has 3 N–H and O–H groups in total. The minimum absolute atomic E-state index is 0.0394. The predicted octanol–water partition coefficient (Wildman–Crippen LogP) is 1.24. The molecule has 0 unspecified atom stereocenters. The molecule has 1 amide bonds. The molecular weight excluding hydrogens is 236 g/mol. The fraction of sp³-hybridized carbons (Fsp3) is 0.545. The van der Waals surface area contributed by atoms with Crippen molar-refractivity contribution in [3.63, 3.8) is 0 Å². The van der Waals surface area contributed by atoms with Crippen molar-refractivity contribution < 1.29 is 4.79 Å². The molecule has 0 saturated carbocycles. The lowest BCUT2D eigenvalue weighted by molar-refractivity contribution is 0.0711. The van der Waals surface area contributed by atoms with Crippen LogP contribution in [0.5, 0.6) is 0 Å². The second kappa shape index (κ2) is 5.77. The van der Waals surface area contributed by atoms with E-state index in [0.29, 0.717) is 23.5 Å². The van der Waals surface area contributed by atoms with Gasteiger partial charge in [-0.05, 0) is 20.8 Å². The third-order valence-corrected chi connectivity index (χ3v) is 2.75. The minimum Gasteiger partial charge on any atom is -0.393 e. The molecule has 1 aromatic heterocycles. The topological polar surface area (TPSA) is 75.0 Å². The van der Waals surface area contributed by atoms with Crippen molar-refractivity contribution in [1.82, 2.24) is 15.1 Å². The van der Waals surface area contributed by atoms with Crippen LogP contribution in [0.1, 0.15) is 36.3 Å². The third-order valence-electron chi connectivity index (χ3n) is 2.54. The predicted molar refractivity (Wildman–Crippen MR) is 70.9 cm³/mol. The molecule has 0 aliphatic carbocycles. The van der Waals surface area contributed by atoms with Gasteiger partial charge in [-0.3, -0.25) is 9.89 Å². The fourth-order valence-corrected chi connectivity index (χ4v) is 1.64. The highest BCUT2D eigenvalue weighted by Crippen LogP contribution is 2.11. The minimum atomic E-state index is -0.0394. The van der Waals surface area contributed by atoms with Crippen LogP contribution in [0.4, 0.5) is 0 Å². The van der Waals surface area contributed by atoms with Gasteiger partial charge in [-0.15, -0.1) is 0 Å². The van der Waals surface area contributed by atoms with Gasteiger partial charge in [-0.25, -0.2) is 0 Å². The van der Waals surface area contributed by atoms with Crippen molar-refractivity contribution >= 4 is 23.1 Å². The first kappa shape index (κ1) is 13.6. The molecule has 17 heavy (non-hydrogen) atoms. The number of carbonyl (C=O) groups excluding carboxylic acids is 1. The Morgan fingerprint density at radius 3 is 2.71 bits per heavy atom. The van der Waals surface area contributed by atoms with E-state index in [9.17, 15) is 4.79 Å². The van der Waals surface area contributed by atoms with Crippen LogP contribution in [0.3, 0.4) is 0 Å². The van der Waals surface area contributed by atoms with Crippen LogP contribution in [0, 0.1) is 6.92 Å². The molecule has 1 aromatic rings. The average Bonchev–Trinajstić information content (AvgIpc) is 2.63. The molecule has 0 bridgehead atoms. The summed E-state index contributed by atoms with van der Waals surface area (Å²) < 4.78 is 0. The molecule has 0 aromatic carbocycles. The molecule has 0 aliphatic heterocycles. The van der Waals surface area contributed by atoms with Crippen LogP contribution < -0.4 is 5.73 Å². The Morgan fingerprint density at radius 1 is 1.65 bits per heavy atom. The first-order valence-corrected chi connectivity index (χ1v) is 5.93. The smallest absolute Gasteiger partial charge is 0.257 e. The number of nitrogens with zero attached hydrogens (tertiary/aromatic N) is 2. The van der Waals surface area contributed by atoms with Gasteiger partial charge in [0.05, 0.1) is 16.7 Å². The van der Waals surface area contributed by atoms with Crippen molar-refractivity contribution in [2.45, 2.75) is 33.2 Å². The van der Waals surface area contributed by atoms with Crippen LogP contribution in [-0.4, -0.2) is 38.6 Å². The maximum absolute atomic E-state index is 12.3. The van der Waals surface area contributed by atoms with Crippen LogP contribution in [-0.2, 0) is 0 Å².